The zero-order chi connectivity index (χ0) is 20.0. The van der Waals surface area contributed by atoms with Crippen molar-refractivity contribution < 1.29 is 0 Å². The zero-order valence-electron chi connectivity index (χ0n) is 18.2. The first-order chi connectivity index (χ1) is 13.4. The maximum absolute atomic E-state index is 12.2. The Morgan fingerprint density at radius 1 is 0.750 bits per heavy atom. The fraction of sp³-hybridized carbons (Fsp3) is 0.818. The molecule has 3 rings (SSSR count). The quantitative estimate of drug-likeness (QED) is 0.745. The van der Waals surface area contributed by atoms with Gasteiger partial charge in [-0.2, -0.15) is 5.10 Å². The van der Waals surface area contributed by atoms with Crippen LogP contribution in [0.2, 0.25) is 0 Å². The molecule has 0 atom stereocenters. The second-order valence-electron chi connectivity index (χ2n) is 9.47. The summed E-state index contributed by atoms with van der Waals surface area (Å²) in [6, 6.07) is 3.52. The summed E-state index contributed by atoms with van der Waals surface area (Å²) in [6.07, 6.45) is 5.56. The molecule has 2 fully saturated rings. The first kappa shape index (κ1) is 21.5. The molecule has 1 aromatic rings. The number of piperazine rings is 1. The second kappa shape index (κ2) is 9.99. The predicted octanol–water partition coefficient (Wildman–Crippen LogP) is 2.03. The summed E-state index contributed by atoms with van der Waals surface area (Å²) >= 11 is 0. The molecule has 0 N–H and O–H groups in total. The Labute approximate surface area is 170 Å². The molecule has 2 aliphatic rings. The minimum atomic E-state index is -0.0333. The lowest BCUT2D eigenvalue weighted by Crippen LogP contribution is -2.49. The van der Waals surface area contributed by atoms with E-state index >= 15 is 0 Å². The summed E-state index contributed by atoms with van der Waals surface area (Å²) in [5, 5.41) is 4.59. The van der Waals surface area contributed by atoms with Crippen LogP contribution in [0.15, 0.2) is 16.9 Å². The highest BCUT2D eigenvalue weighted by atomic mass is 16.1. The van der Waals surface area contributed by atoms with Crippen LogP contribution in [0.1, 0.15) is 52.1 Å². The van der Waals surface area contributed by atoms with Crippen molar-refractivity contribution in [3.05, 3.63) is 28.2 Å². The van der Waals surface area contributed by atoms with Gasteiger partial charge < -0.3 is 4.90 Å². The molecular formula is C22H39N5O. The van der Waals surface area contributed by atoms with Crippen molar-refractivity contribution in [3.8, 4) is 0 Å². The summed E-state index contributed by atoms with van der Waals surface area (Å²) in [4.78, 5) is 19.9. The van der Waals surface area contributed by atoms with Crippen LogP contribution in [0.3, 0.4) is 0 Å². The smallest absolute Gasteiger partial charge is 0.266 e. The lowest BCUT2D eigenvalue weighted by atomic mass is 9.92. The third-order valence-corrected chi connectivity index (χ3v) is 6.16. The van der Waals surface area contributed by atoms with Crippen molar-refractivity contribution in [1.29, 1.82) is 0 Å². The number of rotatable bonds is 6. The third-order valence-electron chi connectivity index (χ3n) is 6.16. The van der Waals surface area contributed by atoms with E-state index in [0.717, 1.165) is 38.4 Å². The molecule has 6 heteroatoms. The van der Waals surface area contributed by atoms with Crippen molar-refractivity contribution in [2.75, 3.05) is 58.9 Å². The average Bonchev–Trinajstić information content (AvgIpc) is 2.94. The molecule has 0 unspecified atom stereocenters. The number of hydrogen-bond acceptors (Lipinski definition) is 5. The first-order valence-corrected chi connectivity index (χ1v) is 11.2. The van der Waals surface area contributed by atoms with Crippen LogP contribution < -0.4 is 5.56 Å². The molecule has 0 bridgehead atoms. The standard InChI is InChI=1S/C22H39N5O/c1-22(2,3)20-8-9-21(28)27(23-20)19-18-26-16-14-25(15-17-26)13-12-24-10-6-4-5-7-11-24/h8-9H,4-7,10-19H2,1-3H3. The highest BCUT2D eigenvalue weighted by Crippen LogP contribution is 2.18. The lowest BCUT2D eigenvalue weighted by molar-refractivity contribution is 0.115. The van der Waals surface area contributed by atoms with E-state index in [2.05, 4.69) is 40.6 Å². The van der Waals surface area contributed by atoms with Gasteiger partial charge in [0.15, 0.2) is 0 Å². The average molecular weight is 390 g/mol. The van der Waals surface area contributed by atoms with Gasteiger partial charge in [-0.05, 0) is 32.0 Å². The largest absolute Gasteiger partial charge is 0.302 e. The van der Waals surface area contributed by atoms with Crippen LogP contribution in [0.25, 0.3) is 0 Å². The Morgan fingerprint density at radius 2 is 1.25 bits per heavy atom. The SMILES string of the molecule is CC(C)(C)c1ccc(=O)n(CCN2CCN(CCN3CCCCCC3)CC2)n1. The van der Waals surface area contributed by atoms with Crippen LogP contribution in [0.5, 0.6) is 0 Å². The lowest BCUT2D eigenvalue weighted by Gasteiger charge is -2.35. The molecule has 0 radical (unpaired) electrons. The highest BCUT2D eigenvalue weighted by molar-refractivity contribution is 5.10. The molecule has 158 valence electrons. The maximum Gasteiger partial charge on any atom is 0.266 e. The topological polar surface area (TPSA) is 44.6 Å². The van der Waals surface area contributed by atoms with Gasteiger partial charge in [-0.15, -0.1) is 0 Å². The van der Waals surface area contributed by atoms with Gasteiger partial charge >= 0.3 is 0 Å². The van der Waals surface area contributed by atoms with Gasteiger partial charge in [0.25, 0.3) is 5.56 Å². The number of aromatic nitrogens is 2. The summed E-state index contributed by atoms with van der Waals surface area (Å²) < 4.78 is 1.65. The van der Waals surface area contributed by atoms with Gasteiger partial charge in [0.1, 0.15) is 0 Å². The predicted molar refractivity (Wildman–Crippen MR) is 115 cm³/mol. The monoisotopic (exact) mass is 389 g/mol. The van der Waals surface area contributed by atoms with Crippen molar-refractivity contribution in [2.45, 2.75) is 58.4 Å². The molecule has 0 aromatic carbocycles. The molecule has 0 amide bonds. The van der Waals surface area contributed by atoms with Crippen molar-refractivity contribution >= 4 is 0 Å². The van der Waals surface area contributed by atoms with E-state index < -0.39 is 0 Å². The van der Waals surface area contributed by atoms with E-state index in [4.69, 9.17) is 0 Å². The van der Waals surface area contributed by atoms with Gasteiger partial charge in [-0.1, -0.05) is 33.6 Å². The van der Waals surface area contributed by atoms with Gasteiger partial charge in [-0.25, -0.2) is 4.68 Å². The van der Waals surface area contributed by atoms with Crippen LogP contribution in [-0.4, -0.2) is 83.4 Å². The van der Waals surface area contributed by atoms with Crippen LogP contribution >= 0.6 is 0 Å². The van der Waals surface area contributed by atoms with E-state index in [9.17, 15) is 4.79 Å². The Kier molecular flexibility index (Phi) is 7.66. The Morgan fingerprint density at radius 3 is 1.79 bits per heavy atom. The molecule has 0 aliphatic carbocycles. The summed E-state index contributed by atoms with van der Waals surface area (Å²) in [5.74, 6) is 0. The van der Waals surface area contributed by atoms with Crippen LogP contribution in [-0.2, 0) is 12.0 Å². The highest BCUT2D eigenvalue weighted by Gasteiger charge is 2.19. The minimum absolute atomic E-state index is 0.00378. The van der Waals surface area contributed by atoms with E-state index in [0.29, 0.717) is 6.54 Å². The summed E-state index contributed by atoms with van der Waals surface area (Å²) in [7, 11) is 0. The van der Waals surface area contributed by atoms with E-state index in [1.54, 1.807) is 10.7 Å². The minimum Gasteiger partial charge on any atom is -0.302 e. The normalized spacial score (nSPS) is 21.0. The van der Waals surface area contributed by atoms with Crippen molar-refractivity contribution in [1.82, 2.24) is 24.5 Å². The Hall–Kier alpha value is -1.24. The van der Waals surface area contributed by atoms with Gasteiger partial charge in [0, 0.05) is 57.3 Å². The van der Waals surface area contributed by atoms with Crippen molar-refractivity contribution in [2.24, 2.45) is 0 Å². The molecule has 0 saturated carbocycles. The molecule has 3 heterocycles. The van der Waals surface area contributed by atoms with Crippen LogP contribution in [0.4, 0.5) is 0 Å². The molecule has 6 nitrogen and oxygen atoms in total. The second-order valence-corrected chi connectivity index (χ2v) is 9.47. The van der Waals surface area contributed by atoms with Crippen LogP contribution in [0, 0.1) is 0 Å². The summed E-state index contributed by atoms with van der Waals surface area (Å²) in [6.45, 7) is 17.4. The van der Waals surface area contributed by atoms with Gasteiger partial charge in [-0.3, -0.25) is 14.6 Å². The molecule has 2 aliphatic heterocycles. The fourth-order valence-corrected chi connectivity index (χ4v) is 4.12. The fourth-order valence-electron chi connectivity index (χ4n) is 4.12. The Bertz CT molecular complexity index is 650. The number of likely N-dealkylation sites (tertiary alicyclic amines) is 1. The third kappa shape index (κ3) is 6.39. The zero-order valence-corrected chi connectivity index (χ0v) is 18.2. The first-order valence-electron chi connectivity index (χ1n) is 11.2. The van der Waals surface area contributed by atoms with E-state index in [1.165, 1.54) is 51.9 Å². The van der Waals surface area contributed by atoms with E-state index in [-0.39, 0.29) is 11.0 Å². The molecule has 0 spiro atoms. The van der Waals surface area contributed by atoms with Crippen molar-refractivity contribution in [3.63, 3.8) is 0 Å². The summed E-state index contributed by atoms with van der Waals surface area (Å²) in [5.41, 5.74) is 0.948. The number of nitrogens with zero attached hydrogens (tertiary/aromatic N) is 5. The Balaban J connectivity index is 1.40. The molecule has 1 aromatic heterocycles. The molecule has 28 heavy (non-hydrogen) atoms. The number of hydrogen-bond donors (Lipinski definition) is 0. The maximum atomic E-state index is 12.2. The van der Waals surface area contributed by atoms with Gasteiger partial charge in [0.05, 0.1) is 12.2 Å². The van der Waals surface area contributed by atoms with E-state index in [1.807, 2.05) is 6.07 Å². The molecular weight excluding hydrogens is 350 g/mol. The van der Waals surface area contributed by atoms with Gasteiger partial charge in [0.2, 0.25) is 0 Å². The molecule has 2 saturated heterocycles.